The smallest absolute Gasteiger partial charge is 0.315 e. The summed E-state index contributed by atoms with van der Waals surface area (Å²) in [4.78, 5) is 42.0. The second kappa shape index (κ2) is 10.1. The maximum Gasteiger partial charge on any atom is 0.315 e. The molecule has 4 unspecified atom stereocenters. The Balaban J connectivity index is 1.80. The largest absolute Gasteiger partial charge is 0.390 e. The number of urea groups is 1. The minimum absolute atomic E-state index is 0.0387. The molecular weight excluding hydrogens is 458 g/mol. The van der Waals surface area contributed by atoms with Crippen LogP contribution in [0.3, 0.4) is 0 Å². The molecule has 4 amide bonds. The number of piperidine rings is 1. The van der Waals surface area contributed by atoms with Crippen molar-refractivity contribution >= 4 is 17.8 Å². The Labute approximate surface area is 216 Å². The zero-order valence-corrected chi connectivity index (χ0v) is 23.5. The molecule has 2 saturated carbocycles. The van der Waals surface area contributed by atoms with E-state index >= 15 is 0 Å². The lowest BCUT2D eigenvalue weighted by Gasteiger charge is -2.39. The van der Waals surface area contributed by atoms with E-state index in [0.29, 0.717) is 18.9 Å². The standard InChI is InChI=1S/C27H49N5O4/c1-25(2,3)21(30-24(36)31-26(4,5)6)23(35)32-14-16-19(27(16,7)8)20(32)22(34)29-17(18(33)13-28)12-15-10-9-11-15/h15-21,33H,9-14,28H2,1-8H3,(H,29,34)(H2,30,31,36)/t16?,17?,18?,19?,20-,21+/m0/s1. The van der Waals surface area contributed by atoms with Crippen LogP contribution in [0.15, 0.2) is 0 Å². The molecule has 0 aromatic carbocycles. The highest BCUT2D eigenvalue weighted by Crippen LogP contribution is 2.65. The molecule has 9 heteroatoms. The normalized spacial score (nSPS) is 27.8. The summed E-state index contributed by atoms with van der Waals surface area (Å²) in [6, 6.07) is -2.27. The summed E-state index contributed by atoms with van der Waals surface area (Å²) in [5.41, 5.74) is 4.71. The molecule has 2 aliphatic carbocycles. The first-order valence-electron chi connectivity index (χ1n) is 13.5. The fourth-order valence-corrected chi connectivity index (χ4v) is 5.97. The van der Waals surface area contributed by atoms with Crippen molar-refractivity contribution in [1.82, 2.24) is 20.9 Å². The van der Waals surface area contributed by atoms with Gasteiger partial charge in [0.1, 0.15) is 12.1 Å². The van der Waals surface area contributed by atoms with Crippen LogP contribution in [-0.4, -0.2) is 70.7 Å². The van der Waals surface area contributed by atoms with Gasteiger partial charge in [0.15, 0.2) is 0 Å². The first kappa shape index (κ1) is 28.7. The summed E-state index contributed by atoms with van der Waals surface area (Å²) >= 11 is 0. The molecule has 3 aliphatic rings. The SMILES string of the molecule is CC(C)(C)NC(=O)N[C@H](C(=O)N1CC2C([C@H]1C(=O)NC(CC1CCC1)C(O)CN)C2(C)C)C(C)(C)C. The first-order valence-corrected chi connectivity index (χ1v) is 13.5. The van der Waals surface area contributed by atoms with Gasteiger partial charge < -0.3 is 31.7 Å². The molecule has 0 bridgehead atoms. The van der Waals surface area contributed by atoms with Gasteiger partial charge in [-0.05, 0) is 55.8 Å². The lowest BCUT2D eigenvalue weighted by Crippen LogP contribution is -2.62. The van der Waals surface area contributed by atoms with Crippen LogP contribution < -0.4 is 21.7 Å². The highest BCUT2D eigenvalue weighted by atomic mass is 16.3. The van der Waals surface area contributed by atoms with Crippen LogP contribution in [0.2, 0.25) is 0 Å². The third-order valence-corrected chi connectivity index (χ3v) is 8.48. The molecule has 0 aromatic heterocycles. The summed E-state index contributed by atoms with van der Waals surface area (Å²) < 4.78 is 0. The summed E-state index contributed by atoms with van der Waals surface area (Å²) in [5, 5.41) is 19.4. The molecular formula is C27H49N5O4. The molecule has 1 heterocycles. The Hall–Kier alpha value is -1.87. The number of nitrogens with two attached hydrogens (primary N) is 1. The van der Waals surface area contributed by atoms with Gasteiger partial charge in [0.2, 0.25) is 11.8 Å². The molecule has 6 atom stereocenters. The van der Waals surface area contributed by atoms with E-state index in [0.717, 1.165) is 12.8 Å². The summed E-state index contributed by atoms with van der Waals surface area (Å²) in [5.74, 6) is 0.281. The van der Waals surface area contributed by atoms with Gasteiger partial charge in [0.25, 0.3) is 0 Å². The zero-order chi connectivity index (χ0) is 27.2. The number of amides is 4. The second-order valence-corrected chi connectivity index (χ2v) is 14.0. The predicted molar refractivity (Wildman–Crippen MR) is 140 cm³/mol. The van der Waals surface area contributed by atoms with E-state index in [1.807, 2.05) is 41.5 Å². The fraction of sp³-hybridized carbons (Fsp3) is 0.889. The number of likely N-dealkylation sites (tertiary alicyclic amines) is 1. The summed E-state index contributed by atoms with van der Waals surface area (Å²) in [6.07, 6.45) is 3.25. The number of fused-ring (bicyclic) bond motifs is 1. The van der Waals surface area contributed by atoms with E-state index in [9.17, 15) is 19.5 Å². The van der Waals surface area contributed by atoms with Crippen molar-refractivity contribution in [3.05, 3.63) is 0 Å². The zero-order valence-electron chi connectivity index (χ0n) is 23.5. The van der Waals surface area contributed by atoms with Crippen molar-refractivity contribution < 1.29 is 19.5 Å². The minimum atomic E-state index is -0.826. The van der Waals surface area contributed by atoms with Crippen LogP contribution in [0.25, 0.3) is 0 Å². The Kier molecular flexibility index (Phi) is 8.07. The topological polar surface area (TPSA) is 137 Å². The lowest BCUT2D eigenvalue weighted by atomic mass is 9.80. The third-order valence-electron chi connectivity index (χ3n) is 8.48. The van der Waals surface area contributed by atoms with E-state index in [1.54, 1.807) is 4.90 Å². The monoisotopic (exact) mass is 507 g/mol. The highest BCUT2D eigenvalue weighted by Gasteiger charge is 2.69. The number of hydrogen-bond donors (Lipinski definition) is 5. The first-order chi connectivity index (χ1) is 16.5. The predicted octanol–water partition coefficient (Wildman–Crippen LogP) is 1.98. The number of aliphatic hydroxyl groups excluding tert-OH is 1. The van der Waals surface area contributed by atoms with E-state index in [4.69, 9.17) is 5.73 Å². The average Bonchev–Trinajstić information content (AvgIpc) is 3.06. The number of carbonyl (C=O) groups excluding carboxylic acids is 3. The molecule has 3 rings (SSSR count). The van der Waals surface area contributed by atoms with E-state index in [1.165, 1.54) is 6.42 Å². The Morgan fingerprint density at radius 2 is 1.69 bits per heavy atom. The second-order valence-electron chi connectivity index (χ2n) is 14.0. The number of rotatable bonds is 8. The summed E-state index contributed by atoms with van der Waals surface area (Å²) in [7, 11) is 0. The van der Waals surface area contributed by atoms with Crippen LogP contribution in [0.4, 0.5) is 4.79 Å². The quantitative estimate of drug-likeness (QED) is 0.342. The van der Waals surface area contributed by atoms with Gasteiger partial charge >= 0.3 is 6.03 Å². The molecule has 6 N–H and O–H groups in total. The molecule has 3 fully saturated rings. The van der Waals surface area contributed by atoms with Gasteiger partial charge in [0, 0.05) is 18.6 Å². The Morgan fingerprint density at radius 3 is 2.17 bits per heavy atom. The molecule has 36 heavy (non-hydrogen) atoms. The Bertz CT molecular complexity index is 842. The van der Waals surface area contributed by atoms with Crippen molar-refractivity contribution in [1.29, 1.82) is 0 Å². The van der Waals surface area contributed by atoms with Gasteiger partial charge in [-0.3, -0.25) is 9.59 Å². The van der Waals surface area contributed by atoms with Crippen molar-refractivity contribution in [2.45, 2.75) is 111 Å². The van der Waals surface area contributed by atoms with E-state index < -0.39 is 41.2 Å². The molecule has 206 valence electrons. The third kappa shape index (κ3) is 6.15. The molecule has 9 nitrogen and oxygen atoms in total. The minimum Gasteiger partial charge on any atom is -0.390 e. The number of nitrogens with zero attached hydrogens (tertiary/aromatic N) is 1. The lowest BCUT2D eigenvalue weighted by molar-refractivity contribution is -0.144. The van der Waals surface area contributed by atoms with Crippen molar-refractivity contribution in [3.8, 4) is 0 Å². The average molecular weight is 508 g/mol. The van der Waals surface area contributed by atoms with Gasteiger partial charge in [-0.2, -0.15) is 0 Å². The van der Waals surface area contributed by atoms with Crippen LogP contribution in [0, 0.1) is 28.6 Å². The number of aliphatic hydroxyl groups is 1. The fourth-order valence-electron chi connectivity index (χ4n) is 5.97. The van der Waals surface area contributed by atoms with Crippen molar-refractivity contribution in [2.75, 3.05) is 13.1 Å². The molecule has 0 aromatic rings. The van der Waals surface area contributed by atoms with Gasteiger partial charge in [-0.1, -0.05) is 53.9 Å². The highest BCUT2D eigenvalue weighted by molar-refractivity contribution is 5.94. The Morgan fingerprint density at radius 1 is 1.08 bits per heavy atom. The van der Waals surface area contributed by atoms with Gasteiger partial charge in [0.05, 0.1) is 12.1 Å². The number of hydrogen-bond acceptors (Lipinski definition) is 5. The molecule has 0 radical (unpaired) electrons. The molecule has 1 saturated heterocycles. The van der Waals surface area contributed by atoms with Gasteiger partial charge in [-0.25, -0.2) is 4.79 Å². The molecule has 1 aliphatic heterocycles. The van der Waals surface area contributed by atoms with Crippen LogP contribution in [0.1, 0.15) is 81.1 Å². The van der Waals surface area contributed by atoms with Gasteiger partial charge in [-0.15, -0.1) is 0 Å². The van der Waals surface area contributed by atoms with Crippen LogP contribution in [-0.2, 0) is 9.59 Å². The van der Waals surface area contributed by atoms with Crippen LogP contribution in [0.5, 0.6) is 0 Å². The van der Waals surface area contributed by atoms with E-state index in [-0.39, 0.29) is 35.6 Å². The number of carbonyl (C=O) groups is 3. The van der Waals surface area contributed by atoms with Crippen molar-refractivity contribution in [3.63, 3.8) is 0 Å². The summed E-state index contributed by atoms with van der Waals surface area (Å²) in [6.45, 7) is 16.2. The maximum absolute atomic E-state index is 13.9. The maximum atomic E-state index is 13.9. The number of nitrogens with one attached hydrogen (secondary N) is 3. The van der Waals surface area contributed by atoms with E-state index in [2.05, 4.69) is 29.8 Å². The van der Waals surface area contributed by atoms with Crippen molar-refractivity contribution in [2.24, 2.45) is 34.3 Å². The molecule has 0 spiro atoms. The van der Waals surface area contributed by atoms with Crippen LogP contribution >= 0.6 is 0 Å².